The largest absolute Gasteiger partial charge is 0.490 e. The number of aliphatic hydroxyl groups is 1. The standard InChI is InChI=1S/C26H30N2O2S.C2H2O4/c1-17-6-7-19-14-26(31-25(19)12-17)20-9-11-28(18(2)13-20)15-21(29)16-30-24-5-3-4-23-22(24)8-10-27-23;3-1(4)2(5)6/h3-8,10,12,14,18,20-21,27,29H,9,11,13,15-16H2,1-2H3;(H,3,4)(H,5,6)/t18-,20+,21+;/m1./s1. The summed E-state index contributed by atoms with van der Waals surface area (Å²) < 4.78 is 7.35. The first-order valence-corrected chi connectivity index (χ1v) is 13.1. The third-order valence-electron chi connectivity index (χ3n) is 6.73. The third-order valence-corrected chi connectivity index (χ3v) is 7.99. The van der Waals surface area contributed by atoms with E-state index in [1.54, 1.807) is 0 Å². The van der Waals surface area contributed by atoms with Crippen molar-refractivity contribution in [3.8, 4) is 5.75 Å². The maximum Gasteiger partial charge on any atom is 0.414 e. The number of carbonyl (C=O) groups is 2. The number of H-pyrrole nitrogens is 1. The predicted octanol–water partition coefficient (Wildman–Crippen LogP) is 4.85. The average Bonchev–Trinajstić information content (AvgIpc) is 3.51. The Labute approximate surface area is 219 Å². The minimum absolute atomic E-state index is 0.312. The second-order valence-corrected chi connectivity index (χ2v) is 10.6. The maximum atomic E-state index is 10.6. The summed E-state index contributed by atoms with van der Waals surface area (Å²) in [6.45, 7) is 6.43. The van der Waals surface area contributed by atoms with Crippen molar-refractivity contribution in [2.45, 2.75) is 44.8 Å². The third kappa shape index (κ3) is 6.68. The Balaban J connectivity index is 0.000000480. The van der Waals surface area contributed by atoms with Crippen molar-refractivity contribution in [3.05, 3.63) is 65.2 Å². The molecule has 196 valence electrons. The molecule has 9 heteroatoms. The highest BCUT2D eigenvalue weighted by atomic mass is 32.1. The molecule has 0 amide bonds. The summed E-state index contributed by atoms with van der Waals surface area (Å²) in [5.74, 6) is -2.21. The number of nitrogens with zero attached hydrogens (tertiary/aromatic N) is 1. The van der Waals surface area contributed by atoms with Crippen LogP contribution in [0.1, 0.15) is 36.1 Å². The lowest BCUT2D eigenvalue weighted by Gasteiger charge is -2.38. The number of benzene rings is 2. The first kappa shape index (κ1) is 26.7. The fourth-order valence-corrected chi connectivity index (χ4v) is 6.11. The lowest BCUT2D eigenvalue weighted by Crippen LogP contribution is -2.45. The normalized spacial score (nSPS) is 18.8. The van der Waals surface area contributed by atoms with Crippen molar-refractivity contribution in [2.75, 3.05) is 19.7 Å². The zero-order valence-corrected chi connectivity index (χ0v) is 21.7. The second-order valence-electron chi connectivity index (χ2n) is 9.53. The van der Waals surface area contributed by atoms with E-state index in [0.29, 0.717) is 25.1 Å². The first-order valence-electron chi connectivity index (χ1n) is 12.3. The Hall–Kier alpha value is -3.40. The SMILES string of the molecule is Cc1ccc2cc([C@H]3CCN(C[C@H](O)COc4cccc5[nH]ccc45)[C@H](C)C3)sc2c1.O=C(O)C(=O)O. The van der Waals surface area contributed by atoms with E-state index in [2.05, 4.69) is 48.0 Å². The van der Waals surface area contributed by atoms with Gasteiger partial charge < -0.3 is 25.0 Å². The van der Waals surface area contributed by atoms with E-state index >= 15 is 0 Å². The van der Waals surface area contributed by atoms with Crippen molar-refractivity contribution < 1.29 is 29.6 Å². The van der Waals surface area contributed by atoms with Gasteiger partial charge in [-0.3, -0.25) is 4.90 Å². The summed E-state index contributed by atoms with van der Waals surface area (Å²) in [5, 5.41) is 27.8. The first-order chi connectivity index (χ1) is 17.7. The summed E-state index contributed by atoms with van der Waals surface area (Å²) in [4.78, 5) is 25.3. The van der Waals surface area contributed by atoms with Gasteiger partial charge in [0, 0.05) is 39.3 Å². The van der Waals surface area contributed by atoms with E-state index in [-0.39, 0.29) is 0 Å². The smallest absolute Gasteiger partial charge is 0.414 e. The van der Waals surface area contributed by atoms with Crippen LogP contribution >= 0.6 is 11.3 Å². The molecular formula is C28H32N2O6S. The topological polar surface area (TPSA) is 123 Å². The number of aliphatic carboxylic acids is 2. The van der Waals surface area contributed by atoms with Crippen LogP contribution in [0.4, 0.5) is 0 Å². The van der Waals surface area contributed by atoms with E-state index in [0.717, 1.165) is 36.0 Å². The number of piperidine rings is 1. The molecule has 0 radical (unpaired) electrons. The van der Waals surface area contributed by atoms with Crippen LogP contribution < -0.4 is 4.74 Å². The lowest BCUT2D eigenvalue weighted by molar-refractivity contribution is -0.159. The number of ether oxygens (including phenoxy) is 1. The summed E-state index contributed by atoms with van der Waals surface area (Å²) in [7, 11) is 0. The number of hydrogen-bond acceptors (Lipinski definition) is 6. The maximum absolute atomic E-state index is 10.6. The van der Waals surface area contributed by atoms with Crippen LogP contribution in [0, 0.1) is 6.92 Å². The number of aromatic nitrogens is 1. The van der Waals surface area contributed by atoms with Crippen molar-refractivity contribution in [1.29, 1.82) is 0 Å². The molecule has 37 heavy (non-hydrogen) atoms. The molecule has 2 aromatic heterocycles. The molecule has 0 saturated carbocycles. The number of rotatable bonds is 6. The molecule has 0 unspecified atom stereocenters. The highest BCUT2D eigenvalue weighted by molar-refractivity contribution is 7.19. The molecule has 0 aliphatic carbocycles. The van der Waals surface area contributed by atoms with Crippen LogP contribution in [0.5, 0.6) is 5.75 Å². The Morgan fingerprint density at radius 1 is 1.16 bits per heavy atom. The number of β-amino-alcohol motifs (C(OH)–C–C–N with tert-alkyl or cyclic N) is 1. The number of hydrogen-bond donors (Lipinski definition) is 4. The number of nitrogens with one attached hydrogen (secondary N) is 1. The number of likely N-dealkylation sites (tertiary alicyclic amines) is 1. The van der Waals surface area contributed by atoms with Crippen molar-refractivity contribution in [2.24, 2.45) is 0 Å². The Bertz CT molecular complexity index is 1370. The van der Waals surface area contributed by atoms with Gasteiger partial charge in [-0.2, -0.15) is 0 Å². The lowest BCUT2D eigenvalue weighted by atomic mass is 9.90. The van der Waals surface area contributed by atoms with Crippen molar-refractivity contribution in [3.63, 3.8) is 0 Å². The van der Waals surface area contributed by atoms with Crippen molar-refractivity contribution in [1.82, 2.24) is 9.88 Å². The van der Waals surface area contributed by atoms with Crippen LogP contribution in [-0.4, -0.2) is 69.0 Å². The summed E-state index contributed by atoms with van der Waals surface area (Å²) >= 11 is 1.95. The molecule has 1 saturated heterocycles. The highest BCUT2D eigenvalue weighted by Gasteiger charge is 2.28. The predicted molar refractivity (Wildman–Crippen MR) is 145 cm³/mol. The van der Waals surface area contributed by atoms with Crippen LogP contribution in [0.15, 0.2) is 54.7 Å². The van der Waals surface area contributed by atoms with Gasteiger partial charge in [0.1, 0.15) is 18.5 Å². The van der Waals surface area contributed by atoms with Gasteiger partial charge in [0.2, 0.25) is 0 Å². The number of aliphatic hydroxyl groups excluding tert-OH is 1. The monoisotopic (exact) mass is 524 g/mol. The second kappa shape index (κ2) is 11.8. The zero-order valence-electron chi connectivity index (χ0n) is 20.9. The molecule has 2 aromatic carbocycles. The molecular weight excluding hydrogens is 492 g/mol. The molecule has 1 aliphatic rings. The molecule has 3 atom stereocenters. The fraction of sp³-hybridized carbons (Fsp3) is 0.357. The van der Waals surface area contributed by atoms with Crippen LogP contribution in [0.3, 0.4) is 0 Å². The number of thiophene rings is 1. The summed E-state index contributed by atoms with van der Waals surface area (Å²) in [6, 6.07) is 17.6. The van der Waals surface area contributed by atoms with Gasteiger partial charge in [0.15, 0.2) is 0 Å². The van der Waals surface area contributed by atoms with Gasteiger partial charge in [-0.1, -0.05) is 18.2 Å². The molecule has 1 fully saturated rings. The van der Waals surface area contributed by atoms with Crippen molar-refractivity contribution >= 4 is 44.3 Å². The molecule has 0 bridgehead atoms. The fourth-order valence-electron chi connectivity index (χ4n) is 4.80. The van der Waals surface area contributed by atoms with Gasteiger partial charge in [-0.25, -0.2) is 9.59 Å². The zero-order chi connectivity index (χ0) is 26.5. The van der Waals surface area contributed by atoms with E-state index in [1.807, 2.05) is 41.8 Å². The van der Waals surface area contributed by atoms with E-state index in [1.165, 1.54) is 20.5 Å². The number of fused-ring (bicyclic) bond motifs is 2. The molecule has 1 aliphatic heterocycles. The average molecular weight is 525 g/mol. The Kier molecular flexibility index (Phi) is 8.48. The van der Waals surface area contributed by atoms with E-state index in [4.69, 9.17) is 24.5 Å². The van der Waals surface area contributed by atoms with Crippen LogP contribution in [-0.2, 0) is 9.59 Å². The summed E-state index contributed by atoms with van der Waals surface area (Å²) in [5.41, 5.74) is 2.38. The van der Waals surface area contributed by atoms with Crippen LogP contribution in [0.25, 0.3) is 21.0 Å². The Morgan fingerprint density at radius 3 is 2.68 bits per heavy atom. The van der Waals surface area contributed by atoms with E-state index < -0.39 is 18.0 Å². The van der Waals surface area contributed by atoms with Gasteiger partial charge in [-0.05, 0) is 80.4 Å². The molecule has 5 rings (SSSR count). The quantitative estimate of drug-likeness (QED) is 0.266. The molecule has 0 spiro atoms. The van der Waals surface area contributed by atoms with Gasteiger partial charge >= 0.3 is 11.9 Å². The molecule has 4 N–H and O–H groups in total. The minimum Gasteiger partial charge on any atom is -0.490 e. The van der Waals surface area contributed by atoms with Gasteiger partial charge in [-0.15, -0.1) is 11.3 Å². The molecule has 8 nitrogen and oxygen atoms in total. The number of carboxylic acids is 2. The Morgan fingerprint density at radius 2 is 1.95 bits per heavy atom. The molecule has 3 heterocycles. The van der Waals surface area contributed by atoms with Gasteiger partial charge in [0.05, 0.1) is 0 Å². The minimum atomic E-state index is -1.82. The number of aromatic amines is 1. The number of carboxylic acid groups (broad SMARTS) is 2. The van der Waals surface area contributed by atoms with Crippen LogP contribution in [0.2, 0.25) is 0 Å². The summed E-state index contributed by atoms with van der Waals surface area (Å²) in [6.07, 6.45) is 3.70. The van der Waals surface area contributed by atoms with Gasteiger partial charge in [0.25, 0.3) is 0 Å². The van der Waals surface area contributed by atoms with E-state index in [9.17, 15) is 5.11 Å². The number of aryl methyl sites for hydroxylation is 1. The highest BCUT2D eigenvalue weighted by Crippen LogP contribution is 2.38. The molecule has 4 aromatic rings.